The minimum absolute atomic E-state index is 0.109. The van der Waals surface area contributed by atoms with Gasteiger partial charge in [-0.3, -0.25) is 0 Å². The number of hydrogen-bond acceptors (Lipinski definition) is 4. The van der Waals surface area contributed by atoms with Gasteiger partial charge in [-0.15, -0.1) is 0 Å². The molecule has 0 radical (unpaired) electrons. The van der Waals surface area contributed by atoms with Crippen molar-refractivity contribution in [2.45, 2.75) is 18.0 Å². The molecule has 0 atom stereocenters. The van der Waals surface area contributed by atoms with Crippen molar-refractivity contribution in [3.8, 4) is 11.5 Å². The predicted octanol–water partition coefficient (Wildman–Crippen LogP) is 3.79. The quantitative estimate of drug-likeness (QED) is 0.791. The molecule has 4 nitrogen and oxygen atoms in total. The van der Waals surface area contributed by atoms with Crippen molar-refractivity contribution < 1.29 is 30.5 Å². The van der Waals surface area contributed by atoms with Crippen LogP contribution in [0.1, 0.15) is 11.1 Å². The van der Waals surface area contributed by atoms with E-state index >= 15 is 0 Å². The van der Waals surface area contributed by atoms with E-state index in [1.807, 2.05) is 0 Å². The molecule has 0 unspecified atom stereocenters. The van der Waals surface area contributed by atoms with Crippen molar-refractivity contribution in [1.29, 1.82) is 0 Å². The standard InChI is InChI=1S/C15H13F3O4S/c1-10-7-8-12(13(9-10)21-2)22-23(19,20)14-6-4-3-5-11(14)15(16,17)18/h3-9H,1-2H3. The van der Waals surface area contributed by atoms with Crippen molar-refractivity contribution in [2.24, 2.45) is 0 Å². The summed E-state index contributed by atoms with van der Waals surface area (Å²) >= 11 is 0. The van der Waals surface area contributed by atoms with Gasteiger partial charge < -0.3 is 8.92 Å². The third-order valence-electron chi connectivity index (χ3n) is 2.98. The van der Waals surface area contributed by atoms with Crippen LogP contribution in [0.15, 0.2) is 47.4 Å². The van der Waals surface area contributed by atoms with Gasteiger partial charge in [0, 0.05) is 0 Å². The van der Waals surface area contributed by atoms with Crippen LogP contribution in [-0.4, -0.2) is 15.5 Å². The Kier molecular flexibility index (Phi) is 4.56. The molecule has 2 aromatic rings. The zero-order valence-electron chi connectivity index (χ0n) is 12.2. The number of halogens is 3. The fourth-order valence-corrected chi connectivity index (χ4v) is 3.09. The van der Waals surface area contributed by atoms with Gasteiger partial charge in [0.15, 0.2) is 11.5 Å². The van der Waals surface area contributed by atoms with Gasteiger partial charge in [-0.2, -0.15) is 21.6 Å². The first kappa shape index (κ1) is 17.1. The molecular weight excluding hydrogens is 333 g/mol. The zero-order valence-corrected chi connectivity index (χ0v) is 13.0. The fourth-order valence-electron chi connectivity index (χ4n) is 1.93. The maximum atomic E-state index is 13.0. The van der Waals surface area contributed by atoms with Crippen molar-refractivity contribution >= 4 is 10.1 Å². The van der Waals surface area contributed by atoms with Crippen molar-refractivity contribution in [1.82, 2.24) is 0 Å². The summed E-state index contributed by atoms with van der Waals surface area (Å²) in [6.45, 7) is 1.75. The smallest absolute Gasteiger partial charge is 0.417 e. The summed E-state index contributed by atoms with van der Waals surface area (Å²) in [5.41, 5.74) is -0.506. The van der Waals surface area contributed by atoms with E-state index in [2.05, 4.69) is 0 Å². The molecule has 124 valence electrons. The Morgan fingerprint density at radius 3 is 2.26 bits per heavy atom. The molecule has 23 heavy (non-hydrogen) atoms. The molecule has 0 saturated carbocycles. The Hall–Kier alpha value is -2.22. The third-order valence-corrected chi connectivity index (χ3v) is 4.27. The molecule has 8 heteroatoms. The molecular formula is C15H13F3O4S. The van der Waals surface area contributed by atoms with Crippen LogP contribution in [0.25, 0.3) is 0 Å². The maximum absolute atomic E-state index is 13.0. The highest BCUT2D eigenvalue weighted by molar-refractivity contribution is 7.87. The number of aryl methyl sites for hydroxylation is 1. The van der Waals surface area contributed by atoms with Crippen LogP contribution in [0.2, 0.25) is 0 Å². The van der Waals surface area contributed by atoms with Gasteiger partial charge in [0.25, 0.3) is 0 Å². The van der Waals surface area contributed by atoms with Gasteiger partial charge in [0.2, 0.25) is 0 Å². The SMILES string of the molecule is COc1cc(C)ccc1OS(=O)(=O)c1ccccc1C(F)(F)F. The highest BCUT2D eigenvalue weighted by atomic mass is 32.2. The zero-order chi connectivity index (χ0) is 17.3. The second-order valence-electron chi connectivity index (χ2n) is 4.69. The van der Waals surface area contributed by atoms with E-state index in [-0.39, 0.29) is 11.5 Å². The molecule has 0 bridgehead atoms. The fraction of sp³-hybridized carbons (Fsp3) is 0.200. The molecule has 0 fully saturated rings. The Bertz CT molecular complexity index is 814. The Balaban J connectivity index is 2.49. The van der Waals surface area contributed by atoms with Gasteiger partial charge in [0.05, 0.1) is 12.7 Å². The molecule has 0 N–H and O–H groups in total. The van der Waals surface area contributed by atoms with Crippen molar-refractivity contribution in [2.75, 3.05) is 7.11 Å². The molecule has 0 aliphatic heterocycles. The number of ether oxygens (including phenoxy) is 1. The Labute approximate surface area is 131 Å². The normalized spacial score (nSPS) is 12.0. The van der Waals surface area contributed by atoms with Crippen LogP contribution < -0.4 is 8.92 Å². The first-order valence-corrected chi connectivity index (χ1v) is 7.81. The van der Waals surface area contributed by atoms with Crippen LogP contribution in [-0.2, 0) is 16.3 Å². The van der Waals surface area contributed by atoms with Crippen LogP contribution in [0.4, 0.5) is 13.2 Å². The third kappa shape index (κ3) is 3.76. The van der Waals surface area contributed by atoms with Crippen LogP contribution in [0.5, 0.6) is 11.5 Å². The number of rotatable bonds is 4. The van der Waals surface area contributed by atoms with Crippen LogP contribution >= 0.6 is 0 Å². The van der Waals surface area contributed by atoms with Gasteiger partial charge in [-0.25, -0.2) is 0 Å². The largest absolute Gasteiger partial charge is 0.493 e. The number of methoxy groups -OCH3 is 1. The molecule has 0 heterocycles. The minimum atomic E-state index is -4.82. The van der Waals surface area contributed by atoms with E-state index in [0.29, 0.717) is 6.07 Å². The lowest BCUT2D eigenvalue weighted by molar-refractivity contribution is -0.139. The monoisotopic (exact) mass is 346 g/mol. The highest BCUT2D eigenvalue weighted by Gasteiger charge is 2.37. The van der Waals surface area contributed by atoms with E-state index in [1.165, 1.54) is 25.3 Å². The summed E-state index contributed by atoms with van der Waals surface area (Å²) in [4.78, 5) is -0.949. The first-order chi connectivity index (χ1) is 10.6. The van der Waals surface area contributed by atoms with E-state index in [1.54, 1.807) is 13.0 Å². The highest BCUT2D eigenvalue weighted by Crippen LogP contribution is 2.36. The van der Waals surface area contributed by atoms with E-state index in [4.69, 9.17) is 8.92 Å². The average molecular weight is 346 g/mol. The van der Waals surface area contributed by atoms with Crippen LogP contribution in [0, 0.1) is 6.92 Å². The lowest BCUT2D eigenvalue weighted by Gasteiger charge is -2.15. The molecule has 0 amide bonds. The lowest BCUT2D eigenvalue weighted by Crippen LogP contribution is -2.17. The van der Waals surface area contributed by atoms with E-state index in [9.17, 15) is 21.6 Å². The Morgan fingerprint density at radius 2 is 1.65 bits per heavy atom. The van der Waals surface area contributed by atoms with E-state index < -0.39 is 26.8 Å². The molecule has 0 aliphatic rings. The van der Waals surface area contributed by atoms with Gasteiger partial charge in [-0.05, 0) is 36.8 Å². The molecule has 0 saturated heterocycles. The maximum Gasteiger partial charge on any atom is 0.417 e. The minimum Gasteiger partial charge on any atom is -0.493 e. The topological polar surface area (TPSA) is 52.6 Å². The average Bonchev–Trinajstić information content (AvgIpc) is 2.48. The van der Waals surface area contributed by atoms with E-state index in [0.717, 1.165) is 17.7 Å². The van der Waals surface area contributed by atoms with Gasteiger partial charge >= 0.3 is 16.3 Å². The summed E-state index contributed by atoms with van der Waals surface area (Å²) in [7, 11) is -3.37. The summed E-state index contributed by atoms with van der Waals surface area (Å²) in [5, 5.41) is 0. The molecule has 0 aromatic heterocycles. The van der Waals surface area contributed by atoms with Crippen molar-refractivity contribution in [3.63, 3.8) is 0 Å². The second-order valence-corrected chi connectivity index (χ2v) is 6.20. The number of hydrogen-bond donors (Lipinski definition) is 0. The predicted molar refractivity (Wildman–Crippen MR) is 77.0 cm³/mol. The van der Waals surface area contributed by atoms with Crippen LogP contribution in [0.3, 0.4) is 0 Å². The number of alkyl halides is 3. The van der Waals surface area contributed by atoms with Gasteiger partial charge in [-0.1, -0.05) is 18.2 Å². The van der Waals surface area contributed by atoms with Gasteiger partial charge in [0.1, 0.15) is 4.90 Å². The first-order valence-electron chi connectivity index (χ1n) is 6.40. The molecule has 0 aliphatic carbocycles. The molecule has 2 rings (SSSR count). The summed E-state index contributed by atoms with van der Waals surface area (Å²) < 4.78 is 73.2. The number of benzene rings is 2. The lowest BCUT2D eigenvalue weighted by atomic mass is 10.2. The Morgan fingerprint density at radius 1 is 1.00 bits per heavy atom. The molecule has 0 spiro atoms. The van der Waals surface area contributed by atoms with Crippen molar-refractivity contribution in [3.05, 3.63) is 53.6 Å². The second kappa shape index (κ2) is 6.11. The summed E-state index contributed by atoms with van der Waals surface area (Å²) in [5.74, 6) is -0.0758. The summed E-state index contributed by atoms with van der Waals surface area (Å²) in [6.07, 6.45) is -4.82. The summed E-state index contributed by atoms with van der Waals surface area (Å²) in [6, 6.07) is 8.22. The molecule has 2 aromatic carbocycles.